The van der Waals surface area contributed by atoms with E-state index in [2.05, 4.69) is 14.9 Å². The number of methoxy groups -OCH3 is 1. The maximum absolute atomic E-state index is 11.3. The number of ether oxygens (including phenoxy) is 1. The molecule has 2 saturated heterocycles. The minimum Gasteiger partial charge on any atom is -0.481 e. The fourth-order valence-electron chi connectivity index (χ4n) is 3.29. The van der Waals surface area contributed by atoms with Gasteiger partial charge >= 0.3 is 11.9 Å². The van der Waals surface area contributed by atoms with Crippen LogP contribution in [0, 0.1) is 5.92 Å². The van der Waals surface area contributed by atoms with Crippen LogP contribution >= 0.6 is 0 Å². The van der Waals surface area contributed by atoms with E-state index in [-0.39, 0.29) is 23.7 Å². The van der Waals surface area contributed by atoms with E-state index in [1.165, 1.54) is 7.11 Å². The summed E-state index contributed by atoms with van der Waals surface area (Å²) in [6.45, 7) is 0. The molecule has 1 aromatic rings. The molecule has 7 nitrogen and oxygen atoms in total. The topological polar surface area (TPSA) is 92.6 Å². The minimum atomic E-state index is -0.749. The van der Waals surface area contributed by atoms with Gasteiger partial charge in [-0.05, 0) is 31.4 Å². The molecular weight excluding hydrogens is 262 g/mol. The molecule has 2 aliphatic rings. The average molecular weight is 277 g/mol. The standard InChI is InChI=1S/C13H15N3O4/c1-20-13(19)9-3-5-11(15-14-9)16-7-2-4-10(16)8(6-7)12(17)18/h3,5,7-8,10H,2,4,6H2,1H3,(H,17,18). The third kappa shape index (κ3) is 1.90. The molecule has 0 amide bonds. The summed E-state index contributed by atoms with van der Waals surface area (Å²) >= 11 is 0. The molecule has 2 aliphatic heterocycles. The Morgan fingerprint density at radius 2 is 2.15 bits per heavy atom. The summed E-state index contributed by atoms with van der Waals surface area (Å²) in [5.41, 5.74) is 0.151. The van der Waals surface area contributed by atoms with Crippen molar-refractivity contribution in [2.75, 3.05) is 12.0 Å². The van der Waals surface area contributed by atoms with Crippen molar-refractivity contribution in [2.45, 2.75) is 31.3 Å². The lowest BCUT2D eigenvalue weighted by atomic mass is 9.89. The van der Waals surface area contributed by atoms with Crippen molar-refractivity contribution in [3.05, 3.63) is 17.8 Å². The maximum Gasteiger partial charge on any atom is 0.358 e. The highest BCUT2D eigenvalue weighted by Crippen LogP contribution is 2.43. The first-order valence-electron chi connectivity index (χ1n) is 6.55. The summed E-state index contributed by atoms with van der Waals surface area (Å²) < 4.78 is 4.57. The number of hydrogen-bond donors (Lipinski definition) is 1. The number of carboxylic acid groups (broad SMARTS) is 1. The van der Waals surface area contributed by atoms with Crippen LogP contribution in [-0.4, -0.2) is 46.4 Å². The number of aromatic nitrogens is 2. The van der Waals surface area contributed by atoms with Crippen molar-refractivity contribution in [1.29, 1.82) is 0 Å². The quantitative estimate of drug-likeness (QED) is 0.813. The number of fused-ring (bicyclic) bond motifs is 2. The van der Waals surface area contributed by atoms with Crippen molar-refractivity contribution in [3.63, 3.8) is 0 Å². The second-order valence-corrected chi connectivity index (χ2v) is 5.15. The monoisotopic (exact) mass is 277 g/mol. The summed E-state index contributed by atoms with van der Waals surface area (Å²) in [6.07, 6.45) is 2.50. The Labute approximate surface area is 115 Å². The number of anilines is 1. The first-order valence-corrected chi connectivity index (χ1v) is 6.55. The Morgan fingerprint density at radius 1 is 1.35 bits per heavy atom. The van der Waals surface area contributed by atoms with Crippen molar-refractivity contribution in [2.24, 2.45) is 5.92 Å². The first-order chi connectivity index (χ1) is 9.61. The van der Waals surface area contributed by atoms with Crippen molar-refractivity contribution in [1.82, 2.24) is 10.2 Å². The van der Waals surface area contributed by atoms with Crippen molar-refractivity contribution < 1.29 is 19.4 Å². The van der Waals surface area contributed by atoms with Gasteiger partial charge < -0.3 is 14.7 Å². The summed E-state index contributed by atoms with van der Waals surface area (Å²) in [5.74, 6) is -0.983. The van der Waals surface area contributed by atoms with Crippen LogP contribution in [0.1, 0.15) is 29.8 Å². The Morgan fingerprint density at radius 3 is 2.70 bits per heavy atom. The molecule has 0 radical (unpaired) electrons. The van der Waals surface area contributed by atoms with Gasteiger partial charge in [0.2, 0.25) is 0 Å². The molecule has 7 heteroatoms. The lowest BCUT2D eigenvalue weighted by molar-refractivity contribution is -0.142. The van der Waals surface area contributed by atoms with Gasteiger partial charge in [0.15, 0.2) is 11.5 Å². The van der Waals surface area contributed by atoms with Crippen LogP contribution in [0.5, 0.6) is 0 Å². The minimum absolute atomic E-state index is 0.0178. The molecule has 3 heterocycles. The molecule has 3 unspecified atom stereocenters. The normalized spacial score (nSPS) is 27.6. The Kier molecular flexibility index (Phi) is 3.04. The Bertz CT molecular complexity index is 545. The van der Waals surface area contributed by atoms with E-state index >= 15 is 0 Å². The molecule has 3 rings (SSSR count). The fourth-order valence-corrected chi connectivity index (χ4v) is 3.29. The van der Waals surface area contributed by atoms with E-state index in [1.807, 2.05) is 4.90 Å². The number of carbonyl (C=O) groups is 2. The van der Waals surface area contributed by atoms with Gasteiger partial charge in [-0.2, -0.15) is 0 Å². The number of nitrogens with zero attached hydrogens (tertiary/aromatic N) is 3. The lowest BCUT2D eigenvalue weighted by Crippen LogP contribution is -2.33. The fraction of sp³-hybridized carbons (Fsp3) is 0.538. The van der Waals surface area contributed by atoms with Gasteiger partial charge in [-0.15, -0.1) is 10.2 Å². The number of aliphatic carboxylic acids is 1. The van der Waals surface area contributed by atoms with Crippen LogP contribution < -0.4 is 4.90 Å². The predicted molar refractivity (Wildman–Crippen MR) is 68.4 cm³/mol. The first kappa shape index (κ1) is 12.8. The van der Waals surface area contributed by atoms with E-state index in [0.29, 0.717) is 12.2 Å². The molecule has 106 valence electrons. The molecule has 2 bridgehead atoms. The molecule has 3 atom stereocenters. The Hall–Kier alpha value is -2.18. The molecular formula is C13H15N3O4. The van der Waals surface area contributed by atoms with E-state index in [9.17, 15) is 14.7 Å². The highest BCUT2D eigenvalue weighted by Gasteiger charge is 2.49. The predicted octanol–water partition coefficient (Wildman–Crippen LogP) is 0.705. The number of hydrogen-bond acceptors (Lipinski definition) is 6. The largest absolute Gasteiger partial charge is 0.481 e. The summed E-state index contributed by atoms with van der Waals surface area (Å²) in [6, 6.07) is 3.45. The third-order valence-corrected chi connectivity index (χ3v) is 4.16. The maximum atomic E-state index is 11.3. The van der Waals surface area contributed by atoms with E-state index < -0.39 is 11.9 Å². The number of rotatable bonds is 3. The smallest absolute Gasteiger partial charge is 0.358 e. The summed E-state index contributed by atoms with van der Waals surface area (Å²) in [4.78, 5) is 24.6. The third-order valence-electron chi connectivity index (χ3n) is 4.16. The van der Waals surface area contributed by atoms with Gasteiger partial charge in [0.1, 0.15) is 0 Å². The molecule has 1 N–H and O–H groups in total. The van der Waals surface area contributed by atoms with Crippen LogP contribution in [0.2, 0.25) is 0 Å². The summed E-state index contributed by atoms with van der Waals surface area (Å²) in [7, 11) is 1.29. The zero-order valence-corrected chi connectivity index (χ0v) is 11.0. The van der Waals surface area contributed by atoms with Gasteiger partial charge in [-0.3, -0.25) is 4.79 Å². The van der Waals surface area contributed by atoms with Crippen LogP contribution in [0.4, 0.5) is 5.82 Å². The molecule has 1 aromatic heterocycles. The van der Waals surface area contributed by atoms with Crippen LogP contribution in [0.25, 0.3) is 0 Å². The summed E-state index contributed by atoms with van der Waals surface area (Å²) in [5, 5.41) is 17.1. The van der Waals surface area contributed by atoms with E-state index in [1.54, 1.807) is 12.1 Å². The molecule has 0 spiro atoms. The van der Waals surface area contributed by atoms with E-state index in [4.69, 9.17) is 0 Å². The molecule has 20 heavy (non-hydrogen) atoms. The number of esters is 1. The molecule has 0 aromatic carbocycles. The second kappa shape index (κ2) is 4.73. The molecule has 2 fully saturated rings. The van der Waals surface area contributed by atoms with Crippen molar-refractivity contribution in [3.8, 4) is 0 Å². The van der Waals surface area contributed by atoms with Crippen molar-refractivity contribution >= 4 is 17.8 Å². The van der Waals surface area contributed by atoms with Gasteiger partial charge in [0.25, 0.3) is 0 Å². The van der Waals surface area contributed by atoms with Crippen LogP contribution in [-0.2, 0) is 9.53 Å². The van der Waals surface area contributed by atoms with Crippen LogP contribution in [0.3, 0.4) is 0 Å². The Balaban J connectivity index is 1.83. The zero-order chi connectivity index (χ0) is 14.3. The van der Waals surface area contributed by atoms with Gasteiger partial charge in [0.05, 0.1) is 13.0 Å². The number of carbonyl (C=O) groups excluding carboxylic acids is 1. The molecule has 0 saturated carbocycles. The van der Waals surface area contributed by atoms with Crippen LogP contribution in [0.15, 0.2) is 12.1 Å². The van der Waals surface area contributed by atoms with Gasteiger partial charge in [0, 0.05) is 12.1 Å². The second-order valence-electron chi connectivity index (χ2n) is 5.15. The van der Waals surface area contributed by atoms with Gasteiger partial charge in [-0.25, -0.2) is 4.79 Å². The van der Waals surface area contributed by atoms with E-state index in [0.717, 1.165) is 12.8 Å². The average Bonchev–Trinajstić information content (AvgIpc) is 3.04. The molecule has 0 aliphatic carbocycles. The number of carboxylic acids is 1. The van der Waals surface area contributed by atoms with Gasteiger partial charge in [-0.1, -0.05) is 0 Å². The zero-order valence-electron chi connectivity index (χ0n) is 11.0. The highest BCUT2D eigenvalue weighted by atomic mass is 16.5. The SMILES string of the molecule is COC(=O)c1ccc(N2C3CCC2C(C(=O)O)C3)nn1. The lowest BCUT2D eigenvalue weighted by Gasteiger charge is -2.23. The highest BCUT2D eigenvalue weighted by molar-refractivity contribution is 5.87.